The third-order valence-electron chi connectivity index (χ3n) is 3.44. The van der Waals surface area contributed by atoms with E-state index >= 15 is 0 Å². The van der Waals surface area contributed by atoms with Crippen LogP contribution in [0.4, 0.5) is 0 Å². The van der Waals surface area contributed by atoms with E-state index in [1.807, 2.05) is 0 Å². The maximum Gasteiger partial charge on any atom is 0.472 e. The molecule has 1 aromatic carbocycles. The SMILES string of the molecule is O=C(O)[C@H]1O[C@](OCc2ccccc2)([N+](=O)[O-])[C@H](O)[C@@H](O)[C@H]1O. The topological polar surface area (TPSA) is 160 Å². The molecule has 1 fully saturated rings. The van der Waals surface area contributed by atoms with E-state index < -0.39 is 41.2 Å². The number of carbonyl (C=O) groups is 1. The Balaban J connectivity index is 2.30. The van der Waals surface area contributed by atoms with Gasteiger partial charge < -0.3 is 20.4 Å². The van der Waals surface area contributed by atoms with Crippen molar-refractivity contribution in [3.63, 3.8) is 0 Å². The van der Waals surface area contributed by atoms with Crippen molar-refractivity contribution >= 4 is 5.97 Å². The Morgan fingerprint density at radius 3 is 2.39 bits per heavy atom. The van der Waals surface area contributed by atoms with Gasteiger partial charge in [0.2, 0.25) is 6.10 Å². The summed E-state index contributed by atoms with van der Waals surface area (Å²) < 4.78 is 9.76. The van der Waals surface area contributed by atoms with E-state index in [-0.39, 0.29) is 6.61 Å². The van der Waals surface area contributed by atoms with Crippen LogP contribution in [0.1, 0.15) is 5.56 Å². The van der Waals surface area contributed by atoms with Gasteiger partial charge in [-0.2, -0.15) is 0 Å². The van der Waals surface area contributed by atoms with Crippen molar-refractivity contribution < 1.29 is 39.6 Å². The highest BCUT2D eigenvalue weighted by Crippen LogP contribution is 2.33. The molecule has 126 valence electrons. The summed E-state index contributed by atoms with van der Waals surface area (Å²) in [6.45, 7) is -0.381. The molecule has 0 saturated carbocycles. The van der Waals surface area contributed by atoms with Crippen LogP contribution in [-0.2, 0) is 20.9 Å². The first-order chi connectivity index (χ1) is 10.8. The molecular formula is C13H15NO9. The van der Waals surface area contributed by atoms with Crippen LogP contribution in [0.2, 0.25) is 0 Å². The van der Waals surface area contributed by atoms with Crippen LogP contribution < -0.4 is 0 Å². The van der Waals surface area contributed by atoms with Crippen molar-refractivity contribution in [2.24, 2.45) is 0 Å². The minimum atomic E-state index is -3.02. The predicted molar refractivity (Wildman–Crippen MR) is 71.5 cm³/mol. The Kier molecular flexibility index (Phi) is 4.92. The van der Waals surface area contributed by atoms with Crippen molar-refractivity contribution in [1.29, 1.82) is 0 Å². The molecule has 2 rings (SSSR count). The van der Waals surface area contributed by atoms with Crippen molar-refractivity contribution in [2.45, 2.75) is 36.9 Å². The molecule has 1 aromatic rings. The van der Waals surface area contributed by atoms with Crippen molar-refractivity contribution in [3.05, 3.63) is 46.0 Å². The van der Waals surface area contributed by atoms with Gasteiger partial charge in [0.15, 0.2) is 6.10 Å². The lowest BCUT2D eigenvalue weighted by molar-refractivity contribution is -0.719. The van der Waals surface area contributed by atoms with E-state index in [0.717, 1.165) is 0 Å². The number of hydrogen-bond acceptors (Lipinski definition) is 8. The molecule has 5 atom stereocenters. The molecule has 0 aliphatic carbocycles. The fourth-order valence-electron chi connectivity index (χ4n) is 2.18. The number of aliphatic carboxylic acids is 1. The van der Waals surface area contributed by atoms with Crippen LogP contribution in [0.15, 0.2) is 30.3 Å². The molecule has 10 heteroatoms. The smallest absolute Gasteiger partial charge is 0.472 e. The molecule has 0 radical (unpaired) electrons. The first-order valence-corrected chi connectivity index (χ1v) is 6.57. The Labute approximate surface area is 129 Å². The van der Waals surface area contributed by atoms with Crippen LogP contribution >= 0.6 is 0 Å². The summed E-state index contributed by atoms with van der Waals surface area (Å²) in [5, 5.41) is 49.5. The Morgan fingerprint density at radius 2 is 1.87 bits per heavy atom. The zero-order valence-electron chi connectivity index (χ0n) is 11.7. The first kappa shape index (κ1) is 17.2. The highest BCUT2D eigenvalue weighted by Gasteiger charge is 2.66. The highest BCUT2D eigenvalue weighted by molar-refractivity contribution is 5.73. The fourth-order valence-corrected chi connectivity index (χ4v) is 2.18. The average Bonchev–Trinajstić information content (AvgIpc) is 2.52. The summed E-state index contributed by atoms with van der Waals surface area (Å²) in [6.07, 6.45) is -8.59. The molecule has 0 aromatic heterocycles. The fraction of sp³-hybridized carbons (Fsp3) is 0.462. The second kappa shape index (κ2) is 6.56. The molecule has 1 aliphatic heterocycles. The van der Waals surface area contributed by atoms with Crippen LogP contribution in [0, 0.1) is 10.1 Å². The van der Waals surface area contributed by atoms with Gasteiger partial charge in [0.25, 0.3) is 0 Å². The van der Waals surface area contributed by atoms with Crippen LogP contribution in [0.3, 0.4) is 0 Å². The molecular weight excluding hydrogens is 314 g/mol. The van der Waals surface area contributed by atoms with Crippen molar-refractivity contribution in [1.82, 2.24) is 0 Å². The van der Waals surface area contributed by atoms with Crippen LogP contribution in [0.25, 0.3) is 0 Å². The van der Waals surface area contributed by atoms with E-state index in [4.69, 9.17) is 14.6 Å². The number of benzene rings is 1. The van der Waals surface area contributed by atoms with Crippen molar-refractivity contribution in [2.75, 3.05) is 0 Å². The minimum Gasteiger partial charge on any atom is -0.479 e. The minimum absolute atomic E-state index is 0.381. The number of aliphatic hydroxyl groups is 3. The lowest BCUT2D eigenvalue weighted by atomic mass is 9.96. The van der Waals surface area contributed by atoms with E-state index in [0.29, 0.717) is 5.56 Å². The van der Waals surface area contributed by atoms with Gasteiger partial charge in [-0.3, -0.25) is 19.6 Å². The molecule has 4 N–H and O–H groups in total. The number of hydrogen-bond donors (Lipinski definition) is 4. The number of rotatable bonds is 5. The second-order valence-electron chi connectivity index (χ2n) is 4.96. The number of nitro groups is 1. The van der Waals surface area contributed by atoms with Crippen molar-refractivity contribution in [3.8, 4) is 0 Å². The largest absolute Gasteiger partial charge is 0.479 e. The number of nitrogens with zero attached hydrogens (tertiary/aromatic N) is 1. The number of carboxylic acid groups (broad SMARTS) is 1. The van der Waals surface area contributed by atoms with Gasteiger partial charge in [0.05, 0.1) is 11.5 Å². The monoisotopic (exact) mass is 329 g/mol. The second-order valence-corrected chi connectivity index (χ2v) is 4.96. The number of aliphatic hydroxyl groups excluding tert-OH is 3. The van der Waals surface area contributed by atoms with E-state index in [1.54, 1.807) is 30.3 Å². The van der Waals surface area contributed by atoms with E-state index in [1.165, 1.54) is 0 Å². The third-order valence-corrected chi connectivity index (χ3v) is 3.44. The normalized spacial score (nSPS) is 34.0. The molecule has 1 saturated heterocycles. The Hall–Kier alpha value is -2.11. The van der Waals surface area contributed by atoms with Crippen LogP contribution in [0.5, 0.6) is 0 Å². The molecule has 0 amide bonds. The molecule has 10 nitrogen and oxygen atoms in total. The van der Waals surface area contributed by atoms with E-state index in [9.17, 15) is 30.2 Å². The van der Waals surface area contributed by atoms with Gasteiger partial charge in [-0.1, -0.05) is 30.3 Å². The van der Waals surface area contributed by atoms with E-state index in [2.05, 4.69) is 0 Å². The summed E-state index contributed by atoms with van der Waals surface area (Å²) in [5.74, 6) is -4.75. The van der Waals surface area contributed by atoms with Gasteiger partial charge in [-0.15, -0.1) is 0 Å². The summed E-state index contributed by atoms with van der Waals surface area (Å²) >= 11 is 0. The number of carboxylic acids is 1. The lowest BCUT2D eigenvalue weighted by Gasteiger charge is -2.40. The molecule has 1 aliphatic rings. The zero-order valence-corrected chi connectivity index (χ0v) is 11.7. The van der Waals surface area contributed by atoms with Gasteiger partial charge in [-0.25, -0.2) is 4.79 Å². The standard InChI is InChI=1S/C13H15NO9/c15-8-9(16)11(17)13(14(20)21,23-10(8)12(18)19)22-6-7-4-2-1-3-5-7/h1-5,8-11,15-17H,6H2,(H,18,19)/t8-,9+,10+,11-,13+/m1/s1. The average molecular weight is 329 g/mol. The maximum absolute atomic E-state index is 11.3. The molecule has 0 bridgehead atoms. The summed E-state index contributed by atoms with van der Waals surface area (Å²) in [7, 11) is 0. The summed E-state index contributed by atoms with van der Waals surface area (Å²) in [4.78, 5) is 21.2. The zero-order chi connectivity index (χ0) is 17.2. The Bertz CT molecular complexity index is 580. The lowest BCUT2D eigenvalue weighted by Crippen LogP contribution is -2.69. The molecule has 0 unspecified atom stereocenters. The van der Waals surface area contributed by atoms with Gasteiger partial charge in [0, 0.05) is 0 Å². The maximum atomic E-state index is 11.3. The van der Waals surface area contributed by atoms with Crippen LogP contribution in [-0.4, -0.2) is 61.6 Å². The Morgan fingerprint density at radius 1 is 1.26 bits per heavy atom. The summed E-state index contributed by atoms with van der Waals surface area (Å²) in [5.41, 5.74) is 0.497. The molecule has 23 heavy (non-hydrogen) atoms. The quantitative estimate of drug-likeness (QED) is 0.292. The first-order valence-electron chi connectivity index (χ1n) is 6.57. The van der Waals surface area contributed by atoms with Gasteiger partial charge in [-0.05, 0) is 5.56 Å². The number of ether oxygens (including phenoxy) is 2. The predicted octanol–water partition coefficient (Wildman–Crippen LogP) is -1.30. The molecule has 1 heterocycles. The summed E-state index contributed by atoms with van der Waals surface area (Å²) in [6, 6.07) is 8.17. The third kappa shape index (κ3) is 3.16. The van der Waals surface area contributed by atoms with Gasteiger partial charge >= 0.3 is 11.9 Å². The van der Waals surface area contributed by atoms with Gasteiger partial charge in [0.1, 0.15) is 12.2 Å². The highest BCUT2D eigenvalue weighted by atomic mass is 16.8. The molecule has 0 spiro atoms.